The SMILES string of the molecule is CC[C@@H](C(=O)N(CCOC)Cc1ccoc1)c1ccccc1. The van der Waals surface area contributed by atoms with Gasteiger partial charge in [-0.1, -0.05) is 37.3 Å². The fourth-order valence-corrected chi connectivity index (χ4v) is 2.53. The minimum atomic E-state index is -0.120. The van der Waals surface area contributed by atoms with Gasteiger partial charge in [0, 0.05) is 25.8 Å². The second-order valence-corrected chi connectivity index (χ2v) is 5.26. The molecule has 1 aromatic heterocycles. The first kappa shape index (κ1) is 16.3. The van der Waals surface area contributed by atoms with E-state index in [9.17, 15) is 4.79 Å². The first-order valence-electron chi connectivity index (χ1n) is 7.60. The summed E-state index contributed by atoms with van der Waals surface area (Å²) in [5.74, 6) is 0.0110. The highest BCUT2D eigenvalue weighted by Gasteiger charge is 2.24. The molecule has 118 valence electrons. The summed E-state index contributed by atoms with van der Waals surface area (Å²) in [5.41, 5.74) is 2.05. The molecule has 0 fully saturated rings. The Hall–Kier alpha value is -2.07. The molecule has 2 aromatic rings. The van der Waals surface area contributed by atoms with Gasteiger partial charge in [0.25, 0.3) is 0 Å². The predicted octanol–water partition coefficient (Wildman–Crippen LogP) is 3.45. The average molecular weight is 301 g/mol. The highest BCUT2D eigenvalue weighted by atomic mass is 16.5. The van der Waals surface area contributed by atoms with E-state index in [0.29, 0.717) is 19.7 Å². The quantitative estimate of drug-likeness (QED) is 0.750. The molecule has 1 atom stereocenters. The first-order valence-corrected chi connectivity index (χ1v) is 7.60. The fourth-order valence-electron chi connectivity index (χ4n) is 2.53. The third-order valence-electron chi connectivity index (χ3n) is 3.74. The summed E-state index contributed by atoms with van der Waals surface area (Å²) in [6.45, 7) is 3.68. The van der Waals surface area contributed by atoms with Crippen LogP contribution in [-0.4, -0.2) is 31.1 Å². The minimum Gasteiger partial charge on any atom is -0.472 e. The number of amides is 1. The van der Waals surface area contributed by atoms with Gasteiger partial charge in [-0.05, 0) is 18.1 Å². The van der Waals surface area contributed by atoms with Crippen molar-refractivity contribution < 1.29 is 13.9 Å². The molecule has 1 heterocycles. The summed E-state index contributed by atoms with van der Waals surface area (Å²) in [6.07, 6.45) is 4.08. The molecule has 0 N–H and O–H groups in total. The lowest BCUT2D eigenvalue weighted by Crippen LogP contribution is -2.36. The molecule has 0 aliphatic heterocycles. The zero-order valence-electron chi connectivity index (χ0n) is 13.2. The molecule has 1 amide bonds. The molecule has 22 heavy (non-hydrogen) atoms. The molecule has 0 saturated carbocycles. The first-order chi connectivity index (χ1) is 10.8. The van der Waals surface area contributed by atoms with Crippen LogP contribution in [0.25, 0.3) is 0 Å². The van der Waals surface area contributed by atoms with Crippen LogP contribution in [0.15, 0.2) is 53.3 Å². The molecule has 4 nitrogen and oxygen atoms in total. The molecule has 4 heteroatoms. The fraction of sp³-hybridized carbons (Fsp3) is 0.389. The maximum Gasteiger partial charge on any atom is 0.230 e. The summed E-state index contributed by atoms with van der Waals surface area (Å²) in [4.78, 5) is 14.8. The van der Waals surface area contributed by atoms with Gasteiger partial charge in [0.2, 0.25) is 5.91 Å². The number of carbonyl (C=O) groups excluding carboxylic acids is 1. The third kappa shape index (κ3) is 4.21. The predicted molar refractivity (Wildman–Crippen MR) is 85.5 cm³/mol. The molecule has 0 aliphatic rings. The van der Waals surface area contributed by atoms with Gasteiger partial charge in [0.15, 0.2) is 0 Å². The maximum atomic E-state index is 12.9. The van der Waals surface area contributed by atoms with Crippen LogP contribution < -0.4 is 0 Å². The van der Waals surface area contributed by atoms with Crippen molar-refractivity contribution in [2.75, 3.05) is 20.3 Å². The van der Waals surface area contributed by atoms with Gasteiger partial charge in [-0.15, -0.1) is 0 Å². The Balaban J connectivity index is 2.15. The maximum absolute atomic E-state index is 12.9. The van der Waals surface area contributed by atoms with Gasteiger partial charge in [-0.3, -0.25) is 4.79 Å². The number of hydrogen-bond donors (Lipinski definition) is 0. The van der Waals surface area contributed by atoms with E-state index in [2.05, 4.69) is 0 Å². The van der Waals surface area contributed by atoms with Gasteiger partial charge >= 0.3 is 0 Å². The minimum absolute atomic E-state index is 0.120. The number of rotatable bonds is 8. The second-order valence-electron chi connectivity index (χ2n) is 5.26. The van der Waals surface area contributed by atoms with Crippen molar-refractivity contribution in [2.24, 2.45) is 0 Å². The lowest BCUT2D eigenvalue weighted by Gasteiger charge is -2.26. The van der Waals surface area contributed by atoms with Crippen molar-refractivity contribution in [3.8, 4) is 0 Å². The van der Waals surface area contributed by atoms with E-state index in [-0.39, 0.29) is 11.8 Å². The van der Waals surface area contributed by atoms with Crippen LogP contribution >= 0.6 is 0 Å². The molecule has 0 saturated heterocycles. The van der Waals surface area contributed by atoms with Crippen molar-refractivity contribution in [3.05, 3.63) is 60.1 Å². The normalized spacial score (nSPS) is 12.1. The standard InChI is InChI=1S/C18H23NO3/c1-3-17(16-7-5-4-6-8-16)18(20)19(10-12-21-2)13-15-9-11-22-14-15/h4-9,11,14,17H,3,10,12-13H2,1-2H3/t17-/m1/s1. The summed E-state index contributed by atoms with van der Waals surface area (Å²) in [7, 11) is 1.65. The van der Waals surface area contributed by atoms with Crippen molar-refractivity contribution in [2.45, 2.75) is 25.8 Å². The van der Waals surface area contributed by atoms with Crippen LogP contribution in [-0.2, 0) is 16.1 Å². The zero-order valence-corrected chi connectivity index (χ0v) is 13.2. The average Bonchev–Trinajstić information content (AvgIpc) is 3.06. The van der Waals surface area contributed by atoms with Gasteiger partial charge in [0.1, 0.15) is 0 Å². The zero-order chi connectivity index (χ0) is 15.8. The number of ether oxygens (including phenoxy) is 1. The Bertz CT molecular complexity index is 551. The van der Waals surface area contributed by atoms with Gasteiger partial charge in [-0.2, -0.15) is 0 Å². The van der Waals surface area contributed by atoms with E-state index in [1.807, 2.05) is 48.2 Å². The highest BCUT2D eigenvalue weighted by molar-refractivity contribution is 5.83. The van der Waals surface area contributed by atoms with Crippen LogP contribution in [0.4, 0.5) is 0 Å². The Morgan fingerprint density at radius 1 is 1.27 bits per heavy atom. The monoisotopic (exact) mass is 301 g/mol. The van der Waals surface area contributed by atoms with E-state index in [0.717, 1.165) is 17.5 Å². The Morgan fingerprint density at radius 3 is 2.64 bits per heavy atom. The molecule has 0 radical (unpaired) electrons. The topological polar surface area (TPSA) is 42.7 Å². The summed E-state index contributed by atoms with van der Waals surface area (Å²) < 4.78 is 10.2. The lowest BCUT2D eigenvalue weighted by atomic mass is 9.95. The van der Waals surface area contributed by atoms with Crippen LogP contribution in [0.3, 0.4) is 0 Å². The number of carbonyl (C=O) groups is 1. The van der Waals surface area contributed by atoms with Crippen LogP contribution in [0.5, 0.6) is 0 Å². The summed E-state index contributed by atoms with van der Waals surface area (Å²) in [5, 5.41) is 0. The number of nitrogens with zero attached hydrogens (tertiary/aromatic N) is 1. The number of methoxy groups -OCH3 is 1. The smallest absolute Gasteiger partial charge is 0.230 e. The van der Waals surface area contributed by atoms with Gasteiger partial charge in [0.05, 0.1) is 25.1 Å². The number of benzene rings is 1. The molecule has 2 rings (SSSR count). The molecule has 0 unspecified atom stereocenters. The number of hydrogen-bond acceptors (Lipinski definition) is 3. The van der Waals surface area contributed by atoms with Crippen LogP contribution in [0, 0.1) is 0 Å². The molecule has 1 aromatic carbocycles. The van der Waals surface area contributed by atoms with Crippen molar-refractivity contribution in [3.63, 3.8) is 0 Å². The summed E-state index contributed by atoms with van der Waals surface area (Å²) in [6, 6.07) is 11.8. The largest absolute Gasteiger partial charge is 0.472 e. The lowest BCUT2D eigenvalue weighted by molar-refractivity contribution is -0.134. The van der Waals surface area contributed by atoms with Gasteiger partial charge in [-0.25, -0.2) is 0 Å². The molecule has 0 spiro atoms. The van der Waals surface area contributed by atoms with Crippen molar-refractivity contribution in [1.82, 2.24) is 4.90 Å². The Kier molecular flexibility index (Phi) is 6.22. The molecular formula is C18H23NO3. The van der Waals surface area contributed by atoms with E-state index in [1.54, 1.807) is 19.6 Å². The Labute approximate surface area is 131 Å². The van der Waals surface area contributed by atoms with Gasteiger partial charge < -0.3 is 14.1 Å². The van der Waals surface area contributed by atoms with Crippen LogP contribution in [0.1, 0.15) is 30.4 Å². The van der Waals surface area contributed by atoms with Crippen molar-refractivity contribution in [1.29, 1.82) is 0 Å². The molecular weight excluding hydrogens is 278 g/mol. The van der Waals surface area contributed by atoms with E-state index in [1.165, 1.54) is 0 Å². The van der Waals surface area contributed by atoms with Crippen molar-refractivity contribution >= 4 is 5.91 Å². The van der Waals surface area contributed by atoms with E-state index < -0.39 is 0 Å². The summed E-state index contributed by atoms with van der Waals surface area (Å²) >= 11 is 0. The third-order valence-corrected chi connectivity index (χ3v) is 3.74. The van der Waals surface area contributed by atoms with E-state index in [4.69, 9.17) is 9.15 Å². The molecule has 0 bridgehead atoms. The second kappa shape index (κ2) is 8.39. The molecule has 0 aliphatic carbocycles. The Morgan fingerprint density at radius 2 is 2.05 bits per heavy atom. The van der Waals surface area contributed by atoms with Crippen LogP contribution in [0.2, 0.25) is 0 Å². The highest BCUT2D eigenvalue weighted by Crippen LogP contribution is 2.23. The van der Waals surface area contributed by atoms with E-state index >= 15 is 0 Å². The number of furan rings is 1.